The smallest absolute Gasteiger partial charge is 0.292 e. The Hall–Kier alpha value is -2.47. The largest absolute Gasteiger partial charge is 0.393 e. The van der Waals surface area contributed by atoms with E-state index in [-0.39, 0.29) is 11.4 Å². The van der Waals surface area contributed by atoms with Crippen molar-refractivity contribution in [2.75, 3.05) is 5.73 Å². The number of para-hydroxylation sites is 1. The summed E-state index contributed by atoms with van der Waals surface area (Å²) in [6.07, 6.45) is 0. The van der Waals surface area contributed by atoms with Crippen molar-refractivity contribution in [3.63, 3.8) is 0 Å². The molecular formula is C15H13N3O2S. The lowest BCUT2D eigenvalue weighted by Gasteiger charge is -2.02. The number of nitrogens with zero attached hydrogens (tertiary/aromatic N) is 1. The summed E-state index contributed by atoms with van der Waals surface area (Å²) >= 11 is 1.64. The molecule has 0 aliphatic carbocycles. The van der Waals surface area contributed by atoms with Crippen LogP contribution >= 0.6 is 11.8 Å². The first-order valence-corrected chi connectivity index (χ1v) is 7.35. The molecule has 0 saturated carbocycles. The van der Waals surface area contributed by atoms with Crippen molar-refractivity contribution in [2.24, 2.45) is 0 Å². The molecule has 0 saturated heterocycles. The average molecular weight is 299 g/mol. The van der Waals surface area contributed by atoms with Gasteiger partial charge in [-0.05, 0) is 23.8 Å². The highest BCUT2D eigenvalue weighted by Crippen LogP contribution is 2.28. The van der Waals surface area contributed by atoms with Gasteiger partial charge in [0.25, 0.3) is 5.69 Å². The number of hydrogen-bond acceptors (Lipinski definition) is 4. The van der Waals surface area contributed by atoms with Gasteiger partial charge in [-0.1, -0.05) is 24.3 Å². The van der Waals surface area contributed by atoms with Gasteiger partial charge in [0, 0.05) is 22.7 Å². The van der Waals surface area contributed by atoms with E-state index < -0.39 is 4.92 Å². The van der Waals surface area contributed by atoms with Gasteiger partial charge in [0.1, 0.15) is 5.69 Å². The summed E-state index contributed by atoms with van der Waals surface area (Å²) in [5, 5.41) is 13.0. The third-order valence-electron chi connectivity index (χ3n) is 3.19. The molecule has 1 heterocycles. The molecule has 0 fully saturated rings. The highest BCUT2D eigenvalue weighted by Gasteiger charge is 2.11. The molecule has 0 atom stereocenters. The number of rotatable bonds is 4. The first kappa shape index (κ1) is 13.5. The zero-order valence-corrected chi connectivity index (χ0v) is 11.9. The summed E-state index contributed by atoms with van der Waals surface area (Å²) in [7, 11) is 0. The molecule has 106 valence electrons. The van der Waals surface area contributed by atoms with Crippen molar-refractivity contribution in [1.82, 2.24) is 4.98 Å². The Morgan fingerprint density at radius 2 is 2.00 bits per heavy atom. The van der Waals surface area contributed by atoms with Crippen molar-refractivity contribution in [1.29, 1.82) is 0 Å². The minimum Gasteiger partial charge on any atom is -0.393 e. The fraction of sp³-hybridized carbons (Fsp3) is 0.0667. The van der Waals surface area contributed by atoms with Crippen LogP contribution in [0.4, 0.5) is 11.4 Å². The maximum Gasteiger partial charge on any atom is 0.292 e. The number of nitro groups is 1. The van der Waals surface area contributed by atoms with Gasteiger partial charge in [0.2, 0.25) is 0 Å². The van der Waals surface area contributed by atoms with E-state index in [2.05, 4.69) is 17.1 Å². The number of nitro benzene ring substituents is 1. The number of thioether (sulfide) groups is 1. The molecule has 2 aromatic carbocycles. The van der Waals surface area contributed by atoms with Crippen LogP contribution in [0, 0.1) is 10.1 Å². The summed E-state index contributed by atoms with van der Waals surface area (Å²) in [6, 6.07) is 15.0. The number of aromatic amines is 1. The third kappa shape index (κ3) is 2.85. The van der Waals surface area contributed by atoms with Crippen LogP contribution in [0.25, 0.3) is 10.9 Å². The molecule has 3 rings (SSSR count). The SMILES string of the molecule is Nc1cc(CSc2cc3ccccc3[nH]2)ccc1[N+](=O)[O-]. The minimum atomic E-state index is -0.468. The molecule has 0 unspecified atom stereocenters. The lowest BCUT2D eigenvalue weighted by atomic mass is 10.2. The van der Waals surface area contributed by atoms with Crippen LogP contribution in [0.1, 0.15) is 5.56 Å². The topological polar surface area (TPSA) is 85.0 Å². The van der Waals surface area contributed by atoms with E-state index >= 15 is 0 Å². The molecule has 0 radical (unpaired) electrons. The Balaban J connectivity index is 1.75. The maximum absolute atomic E-state index is 10.7. The van der Waals surface area contributed by atoms with Crippen molar-refractivity contribution in [2.45, 2.75) is 10.8 Å². The Morgan fingerprint density at radius 3 is 2.71 bits per heavy atom. The number of nitrogens with one attached hydrogen (secondary N) is 1. The summed E-state index contributed by atoms with van der Waals surface area (Å²) < 4.78 is 0. The minimum absolute atomic E-state index is 0.0469. The van der Waals surface area contributed by atoms with Gasteiger partial charge in [-0.25, -0.2) is 0 Å². The van der Waals surface area contributed by atoms with Gasteiger partial charge in [-0.2, -0.15) is 0 Å². The fourth-order valence-corrected chi connectivity index (χ4v) is 3.04. The predicted octanol–water partition coefficient (Wildman–Crippen LogP) is 3.95. The second-order valence-electron chi connectivity index (χ2n) is 4.66. The monoisotopic (exact) mass is 299 g/mol. The van der Waals surface area contributed by atoms with Crippen LogP contribution in [-0.4, -0.2) is 9.91 Å². The van der Waals surface area contributed by atoms with E-state index in [1.165, 1.54) is 11.5 Å². The summed E-state index contributed by atoms with van der Waals surface area (Å²) in [5.41, 5.74) is 7.91. The molecule has 3 N–H and O–H groups in total. The van der Waals surface area contributed by atoms with E-state index in [0.29, 0.717) is 5.75 Å². The van der Waals surface area contributed by atoms with Crippen LogP contribution in [0.15, 0.2) is 53.6 Å². The van der Waals surface area contributed by atoms with Crippen molar-refractivity contribution >= 4 is 34.0 Å². The van der Waals surface area contributed by atoms with Crippen LogP contribution < -0.4 is 5.73 Å². The number of anilines is 1. The molecule has 21 heavy (non-hydrogen) atoms. The van der Waals surface area contributed by atoms with E-state index in [4.69, 9.17) is 5.73 Å². The zero-order chi connectivity index (χ0) is 14.8. The van der Waals surface area contributed by atoms with Crippen molar-refractivity contribution in [3.8, 4) is 0 Å². The number of hydrogen-bond donors (Lipinski definition) is 2. The molecule has 0 aliphatic rings. The van der Waals surface area contributed by atoms with E-state index in [1.54, 1.807) is 23.9 Å². The van der Waals surface area contributed by atoms with Gasteiger partial charge in [-0.3, -0.25) is 10.1 Å². The Labute approximate surface area is 125 Å². The van der Waals surface area contributed by atoms with Crippen molar-refractivity contribution in [3.05, 3.63) is 64.2 Å². The van der Waals surface area contributed by atoms with Crippen LogP contribution in [0.3, 0.4) is 0 Å². The molecule has 3 aromatic rings. The highest BCUT2D eigenvalue weighted by molar-refractivity contribution is 7.98. The number of nitrogens with two attached hydrogens (primary N) is 1. The van der Waals surface area contributed by atoms with E-state index in [9.17, 15) is 10.1 Å². The third-order valence-corrected chi connectivity index (χ3v) is 4.20. The zero-order valence-electron chi connectivity index (χ0n) is 11.1. The normalized spacial score (nSPS) is 10.9. The van der Waals surface area contributed by atoms with Gasteiger partial charge < -0.3 is 10.7 Å². The number of nitrogen functional groups attached to an aromatic ring is 1. The van der Waals surface area contributed by atoms with Crippen molar-refractivity contribution < 1.29 is 4.92 Å². The van der Waals surface area contributed by atoms with Gasteiger partial charge >= 0.3 is 0 Å². The fourth-order valence-electron chi connectivity index (χ4n) is 2.15. The van der Waals surface area contributed by atoms with Crippen LogP contribution in [0.5, 0.6) is 0 Å². The first-order valence-electron chi connectivity index (χ1n) is 6.37. The number of aromatic nitrogens is 1. The Kier molecular flexibility index (Phi) is 3.53. The summed E-state index contributed by atoms with van der Waals surface area (Å²) in [6.45, 7) is 0. The van der Waals surface area contributed by atoms with Crippen LogP contribution in [0.2, 0.25) is 0 Å². The molecule has 5 nitrogen and oxygen atoms in total. The second kappa shape index (κ2) is 5.49. The lowest BCUT2D eigenvalue weighted by Crippen LogP contribution is -1.96. The maximum atomic E-state index is 10.7. The standard InChI is InChI=1S/C15H13N3O2S/c16-12-7-10(5-6-14(12)18(19)20)9-21-15-8-11-3-1-2-4-13(11)17-15/h1-8,17H,9,16H2. The van der Waals surface area contributed by atoms with E-state index in [1.807, 2.05) is 18.2 Å². The molecule has 0 spiro atoms. The van der Waals surface area contributed by atoms with E-state index in [0.717, 1.165) is 16.1 Å². The molecular weight excluding hydrogens is 286 g/mol. The Morgan fingerprint density at radius 1 is 1.19 bits per heavy atom. The first-order chi connectivity index (χ1) is 10.1. The highest BCUT2D eigenvalue weighted by atomic mass is 32.2. The Bertz CT molecular complexity index is 781. The lowest BCUT2D eigenvalue weighted by molar-refractivity contribution is -0.383. The summed E-state index contributed by atoms with van der Waals surface area (Å²) in [5.74, 6) is 0.703. The molecule has 0 bridgehead atoms. The van der Waals surface area contributed by atoms with Gasteiger partial charge in [-0.15, -0.1) is 11.8 Å². The molecule has 0 aliphatic heterocycles. The van der Waals surface area contributed by atoms with Gasteiger partial charge in [0.05, 0.1) is 9.95 Å². The molecule has 6 heteroatoms. The quantitative estimate of drug-likeness (QED) is 0.330. The van der Waals surface area contributed by atoms with Crippen LogP contribution in [-0.2, 0) is 5.75 Å². The number of H-pyrrole nitrogens is 1. The number of benzene rings is 2. The second-order valence-corrected chi connectivity index (χ2v) is 5.68. The average Bonchev–Trinajstić information content (AvgIpc) is 2.87. The summed E-state index contributed by atoms with van der Waals surface area (Å²) in [4.78, 5) is 13.6. The number of fused-ring (bicyclic) bond motifs is 1. The van der Waals surface area contributed by atoms with Gasteiger partial charge in [0.15, 0.2) is 0 Å². The molecule has 0 amide bonds. The predicted molar refractivity (Wildman–Crippen MR) is 85.4 cm³/mol. The molecule has 1 aromatic heterocycles.